The lowest BCUT2D eigenvalue weighted by molar-refractivity contribution is -0.385. The van der Waals surface area contributed by atoms with E-state index < -0.39 is 14.9 Å². The Hall–Kier alpha value is -3.54. The third-order valence-corrected chi connectivity index (χ3v) is 7.51. The van der Waals surface area contributed by atoms with Crippen LogP contribution in [0.1, 0.15) is 12.5 Å². The van der Waals surface area contributed by atoms with E-state index in [1.807, 2.05) is 36.4 Å². The molecule has 0 atom stereocenters. The minimum Gasteiger partial charge on any atom is -0.497 e. The molecule has 178 valence electrons. The molecule has 10 nitrogen and oxygen atoms in total. The highest BCUT2D eigenvalue weighted by Crippen LogP contribution is 2.30. The first kappa shape index (κ1) is 23.6. The molecule has 3 aromatic rings. The van der Waals surface area contributed by atoms with Crippen molar-refractivity contribution in [2.24, 2.45) is 5.10 Å². The molecular weight excluding hydrogens is 460 g/mol. The summed E-state index contributed by atoms with van der Waals surface area (Å²) in [6, 6.07) is 15.2. The van der Waals surface area contributed by atoms with Crippen LogP contribution < -0.4 is 10.2 Å². The van der Waals surface area contributed by atoms with Crippen LogP contribution in [0, 0.1) is 10.1 Å². The number of nitro groups is 1. The van der Waals surface area contributed by atoms with Crippen molar-refractivity contribution in [2.45, 2.75) is 11.8 Å². The number of sulfonamides is 1. The number of hydrazone groups is 1. The van der Waals surface area contributed by atoms with Gasteiger partial charge >= 0.3 is 0 Å². The molecule has 11 heteroatoms. The summed E-state index contributed by atoms with van der Waals surface area (Å²) in [7, 11) is -2.38. The lowest BCUT2D eigenvalue weighted by atomic mass is 10.0. The van der Waals surface area contributed by atoms with Gasteiger partial charge in [-0.3, -0.25) is 15.5 Å². The molecule has 0 amide bonds. The van der Waals surface area contributed by atoms with Crippen LogP contribution >= 0.6 is 0 Å². The molecule has 1 aliphatic rings. The van der Waals surface area contributed by atoms with E-state index in [1.165, 1.54) is 16.4 Å². The molecule has 0 bridgehead atoms. The quantitative estimate of drug-likeness (QED) is 0.309. The van der Waals surface area contributed by atoms with Crippen LogP contribution in [0.3, 0.4) is 0 Å². The molecule has 0 spiro atoms. The molecule has 0 radical (unpaired) electrons. The average Bonchev–Trinajstić information content (AvgIpc) is 2.86. The molecule has 1 heterocycles. The maximum Gasteiger partial charge on any atom is 0.270 e. The number of non-ortho nitro benzene ring substituents is 1. The van der Waals surface area contributed by atoms with Gasteiger partial charge in [-0.2, -0.15) is 9.41 Å². The number of nitro benzene ring substituents is 1. The molecule has 0 aromatic heterocycles. The maximum atomic E-state index is 13.2. The van der Waals surface area contributed by atoms with Crippen molar-refractivity contribution in [2.75, 3.05) is 38.8 Å². The minimum absolute atomic E-state index is 0.155. The summed E-state index contributed by atoms with van der Waals surface area (Å²) in [6.07, 6.45) is 0. The van der Waals surface area contributed by atoms with Gasteiger partial charge in [-0.25, -0.2) is 8.42 Å². The van der Waals surface area contributed by atoms with Crippen LogP contribution in [-0.4, -0.2) is 56.8 Å². The van der Waals surface area contributed by atoms with Crippen LogP contribution in [0.25, 0.3) is 10.8 Å². The summed E-state index contributed by atoms with van der Waals surface area (Å²) in [6.45, 7) is 2.67. The normalized spacial score (nSPS) is 15.3. The third-order valence-electron chi connectivity index (χ3n) is 5.57. The van der Waals surface area contributed by atoms with Crippen LogP contribution in [0.2, 0.25) is 0 Å². The van der Waals surface area contributed by atoms with Crippen LogP contribution in [-0.2, 0) is 14.8 Å². The van der Waals surface area contributed by atoms with Crippen molar-refractivity contribution in [1.82, 2.24) is 4.31 Å². The Morgan fingerprint density at radius 2 is 1.79 bits per heavy atom. The first-order valence-electron chi connectivity index (χ1n) is 10.5. The van der Waals surface area contributed by atoms with Crippen molar-refractivity contribution in [3.05, 3.63) is 70.3 Å². The van der Waals surface area contributed by atoms with Crippen LogP contribution in [0.4, 0.5) is 11.4 Å². The Kier molecular flexibility index (Phi) is 6.77. The number of benzene rings is 3. The van der Waals surface area contributed by atoms with Gasteiger partial charge in [0.2, 0.25) is 10.0 Å². The number of morpholine rings is 1. The number of nitrogens with one attached hydrogen (secondary N) is 1. The number of ether oxygens (including phenoxy) is 2. The zero-order valence-corrected chi connectivity index (χ0v) is 19.5. The predicted octanol–water partition coefficient (Wildman–Crippen LogP) is 3.61. The summed E-state index contributed by atoms with van der Waals surface area (Å²) >= 11 is 0. The highest BCUT2D eigenvalue weighted by atomic mass is 32.2. The van der Waals surface area contributed by atoms with E-state index >= 15 is 0 Å². The van der Waals surface area contributed by atoms with Gasteiger partial charge in [0, 0.05) is 25.2 Å². The first-order valence-corrected chi connectivity index (χ1v) is 12.0. The standard InChI is InChI=1S/C23H24N4O6S/c1-16(17-3-4-19-14-21(32-2)7-5-18(19)13-17)24-25-22-8-6-20(27(28)29)15-23(22)34(30,31)26-9-11-33-12-10-26/h3-8,13-15,25H,9-12H2,1-2H3/b24-16+. The Morgan fingerprint density at radius 1 is 1.09 bits per heavy atom. The fourth-order valence-electron chi connectivity index (χ4n) is 3.64. The largest absolute Gasteiger partial charge is 0.497 e. The topological polar surface area (TPSA) is 123 Å². The van der Waals surface area contributed by atoms with Gasteiger partial charge in [0.05, 0.1) is 36.6 Å². The fraction of sp³-hybridized carbons (Fsp3) is 0.261. The van der Waals surface area contributed by atoms with Gasteiger partial charge in [-0.15, -0.1) is 0 Å². The molecule has 0 unspecified atom stereocenters. The zero-order valence-electron chi connectivity index (χ0n) is 18.7. The Balaban J connectivity index is 1.66. The highest BCUT2D eigenvalue weighted by Gasteiger charge is 2.30. The van der Waals surface area contributed by atoms with E-state index in [4.69, 9.17) is 9.47 Å². The molecule has 4 rings (SSSR count). The number of fused-ring (bicyclic) bond motifs is 1. The Labute approximate surface area is 197 Å². The Morgan fingerprint density at radius 3 is 2.50 bits per heavy atom. The van der Waals surface area contributed by atoms with Crippen molar-refractivity contribution in [3.63, 3.8) is 0 Å². The molecule has 0 aliphatic carbocycles. The minimum atomic E-state index is -3.99. The summed E-state index contributed by atoms with van der Waals surface area (Å²) in [5, 5.41) is 17.7. The highest BCUT2D eigenvalue weighted by molar-refractivity contribution is 7.89. The van der Waals surface area contributed by atoms with E-state index in [9.17, 15) is 18.5 Å². The second kappa shape index (κ2) is 9.75. The van der Waals surface area contributed by atoms with Crippen molar-refractivity contribution < 1.29 is 22.8 Å². The number of rotatable bonds is 7. The molecule has 1 aliphatic heterocycles. The molecular formula is C23H24N4O6S. The first-order chi connectivity index (χ1) is 16.3. The summed E-state index contributed by atoms with van der Waals surface area (Å²) in [5.74, 6) is 0.763. The lowest BCUT2D eigenvalue weighted by Crippen LogP contribution is -2.40. The van der Waals surface area contributed by atoms with Gasteiger partial charge in [0.15, 0.2) is 0 Å². The molecule has 3 aromatic carbocycles. The van der Waals surface area contributed by atoms with Gasteiger partial charge in [-0.05, 0) is 47.5 Å². The summed E-state index contributed by atoms with van der Waals surface area (Å²) < 4.78 is 38.2. The summed E-state index contributed by atoms with van der Waals surface area (Å²) in [5.41, 5.74) is 4.09. The molecule has 1 N–H and O–H groups in total. The van der Waals surface area contributed by atoms with Gasteiger partial charge in [0.1, 0.15) is 10.6 Å². The zero-order chi connectivity index (χ0) is 24.3. The lowest BCUT2D eigenvalue weighted by Gasteiger charge is -2.26. The number of nitrogens with zero attached hydrogens (tertiary/aromatic N) is 3. The van der Waals surface area contributed by atoms with Gasteiger partial charge in [-0.1, -0.05) is 18.2 Å². The van der Waals surface area contributed by atoms with E-state index in [2.05, 4.69) is 10.5 Å². The number of hydrogen-bond donors (Lipinski definition) is 1. The number of methoxy groups -OCH3 is 1. The van der Waals surface area contributed by atoms with Crippen molar-refractivity contribution in [1.29, 1.82) is 0 Å². The van der Waals surface area contributed by atoms with Gasteiger partial charge < -0.3 is 9.47 Å². The van der Waals surface area contributed by atoms with Crippen LogP contribution in [0.15, 0.2) is 64.6 Å². The summed E-state index contributed by atoms with van der Waals surface area (Å²) in [4.78, 5) is 10.5. The smallest absolute Gasteiger partial charge is 0.270 e. The van der Waals surface area contributed by atoms with E-state index in [-0.39, 0.29) is 42.6 Å². The maximum absolute atomic E-state index is 13.2. The third kappa shape index (κ3) is 4.86. The molecule has 1 saturated heterocycles. The SMILES string of the molecule is COc1ccc2cc(/C(C)=N/Nc3ccc([N+](=O)[O-])cc3S(=O)(=O)N3CCOCC3)ccc2c1. The molecule has 34 heavy (non-hydrogen) atoms. The Bertz CT molecular complexity index is 1370. The van der Waals surface area contributed by atoms with E-state index in [0.29, 0.717) is 5.71 Å². The van der Waals surface area contributed by atoms with Gasteiger partial charge in [0.25, 0.3) is 5.69 Å². The number of anilines is 1. The van der Waals surface area contributed by atoms with Crippen molar-refractivity contribution in [3.8, 4) is 5.75 Å². The number of hydrogen-bond acceptors (Lipinski definition) is 8. The average molecular weight is 485 g/mol. The predicted molar refractivity (Wildman–Crippen MR) is 129 cm³/mol. The second-order valence-corrected chi connectivity index (χ2v) is 9.60. The van der Waals surface area contributed by atoms with Crippen molar-refractivity contribution >= 4 is 37.9 Å². The monoisotopic (exact) mass is 484 g/mol. The van der Waals surface area contributed by atoms with E-state index in [1.54, 1.807) is 14.0 Å². The fourth-order valence-corrected chi connectivity index (χ4v) is 5.21. The molecule has 1 fully saturated rings. The van der Waals surface area contributed by atoms with E-state index in [0.717, 1.165) is 28.2 Å². The molecule has 0 saturated carbocycles. The second-order valence-electron chi connectivity index (χ2n) is 7.69. The van der Waals surface area contributed by atoms with Crippen LogP contribution in [0.5, 0.6) is 5.75 Å².